The maximum absolute atomic E-state index is 11.7. The first-order chi connectivity index (χ1) is 7.66. The number of para-hydroxylation sites is 1. The number of amides is 1. The van der Waals surface area contributed by atoms with Crippen LogP contribution in [0.15, 0.2) is 35.1 Å². The Balaban J connectivity index is 2.21. The number of anilines is 1. The summed E-state index contributed by atoms with van der Waals surface area (Å²) in [5.41, 5.74) is 1.09. The summed E-state index contributed by atoms with van der Waals surface area (Å²) in [4.78, 5) is 27.7. The van der Waals surface area contributed by atoms with Gasteiger partial charge in [-0.05, 0) is 19.1 Å². The van der Waals surface area contributed by atoms with Gasteiger partial charge in [0, 0.05) is 11.4 Å². The zero-order valence-electron chi connectivity index (χ0n) is 8.70. The molecule has 0 aliphatic rings. The molecule has 1 amide bonds. The first-order valence-electron chi connectivity index (χ1n) is 4.82. The average Bonchev–Trinajstić information content (AvgIpc) is 2.59. The number of carbonyl (C=O) groups excluding carboxylic acids is 1. The van der Waals surface area contributed by atoms with Crippen molar-refractivity contribution in [2.45, 2.75) is 6.92 Å². The Morgan fingerprint density at radius 1 is 1.19 bits per heavy atom. The van der Waals surface area contributed by atoms with Crippen LogP contribution in [0.1, 0.15) is 16.2 Å². The molecule has 1 heterocycles. The third kappa shape index (κ3) is 2.03. The molecule has 3 N–H and O–H groups in total. The Morgan fingerprint density at radius 2 is 1.88 bits per heavy atom. The van der Waals surface area contributed by atoms with E-state index in [1.54, 1.807) is 19.1 Å². The minimum absolute atomic E-state index is 0.258. The van der Waals surface area contributed by atoms with Crippen LogP contribution in [-0.2, 0) is 0 Å². The summed E-state index contributed by atoms with van der Waals surface area (Å²) in [6, 6.07) is 9.06. The second-order valence-electron chi connectivity index (χ2n) is 3.40. The van der Waals surface area contributed by atoms with Crippen molar-refractivity contribution in [3.8, 4) is 0 Å². The molecule has 1 aromatic carbocycles. The number of aromatic nitrogens is 2. The van der Waals surface area contributed by atoms with Crippen molar-refractivity contribution >= 4 is 11.6 Å². The molecule has 0 aliphatic heterocycles. The van der Waals surface area contributed by atoms with E-state index in [1.807, 2.05) is 18.2 Å². The lowest BCUT2D eigenvalue weighted by Crippen LogP contribution is -2.14. The lowest BCUT2D eigenvalue weighted by molar-refractivity contribution is 0.102. The van der Waals surface area contributed by atoms with Crippen molar-refractivity contribution in [3.63, 3.8) is 0 Å². The Kier molecular flexibility index (Phi) is 2.59. The zero-order valence-corrected chi connectivity index (χ0v) is 8.70. The van der Waals surface area contributed by atoms with Gasteiger partial charge in [-0.1, -0.05) is 18.2 Å². The highest BCUT2D eigenvalue weighted by Crippen LogP contribution is 2.07. The largest absolute Gasteiger partial charge is 0.323 e. The smallest absolute Gasteiger partial charge is 0.321 e. The first kappa shape index (κ1) is 10.2. The van der Waals surface area contributed by atoms with Crippen LogP contribution in [0.25, 0.3) is 0 Å². The monoisotopic (exact) mass is 217 g/mol. The third-order valence-electron chi connectivity index (χ3n) is 2.17. The molecule has 0 fully saturated rings. The number of carbonyl (C=O) groups is 1. The van der Waals surface area contributed by atoms with Gasteiger partial charge in [0.1, 0.15) is 5.69 Å². The molecule has 0 spiro atoms. The Bertz CT molecular complexity index is 554. The molecule has 2 aromatic rings. The lowest BCUT2D eigenvalue weighted by atomic mass is 10.3. The number of hydrogen-bond donors (Lipinski definition) is 3. The predicted octanol–water partition coefficient (Wildman–Crippen LogP) is 1.26. The van der Waals surface area contributed by atoms with Gasteiger partial charge in [-0.25, -0.2) is 4.79 Å². The minimum Gasteiger partial charge on any atom is -0.321 e. The number of hydrogen-bond acceptors (Lipinski definition) is 2. The van der Waals surface area contributed by atoms with Crippen LogP contribution in [0.5, 0.6) is 0 Å². The fraction of sp³-hybridized carbons (Fsp3) is 0.0909. The van der Waals surface area contributed by atoms with Gasteiger partial charge in [-0.2, -0.15) is 0 Å². The topological polar surface area (TPSA) is 77.8 Å². The minimum atomic E-state index is -0.379. The SMILES string of the molecule is Cc1[nH]c(=O)[nH]c1C(=O)Nc1ccccc1. The molecule has 0 unspecified atom stereocenters. The fourth-order valence-corrected chi connectivity index (χ4v) is 1.41. The van der Waals surface area contributed by atoms with E-state index in [0.717, 1.165) is 0 Å². The maximum Gasteiger partial charge on any atom is 0.323 e. The Labute approximate surface area is 91.5 Å². The van der Waals surface area contributed by atoms with Crippen molar-refractivity contribution in [2.24, 2.45) is 0 Å². The van der Waals surface area contributed by atoms with Crippen molar-refractivity contribution in [2.75, 3.05) is 5.32 Å². The normalized spacial score (nSPS) is 10.1. The molecular formula is C11H11N3O2. The molecule has 2 rings (SSSR count). The van der Waals surface area contributed by atoms with Crippen LogP contribution < -0.4 is 11.0 Å². The van der Waals surface area contributed by atoms with Crippen LogP contribution in [-0.4, -0.2) is 15.9 Å². The van der Waals surface area contributed by atoms with E-state index in [-0.39, 0.29) is 17.3 Å². The number of rotatable bonds is 2. The first-order valence-corrected chi connectivity index (χ1v) is 4.82. The molecule has 5 nitrogen and oxygen atoms in total. The number of aromatic amines is 2. The number of benzene rings is 1. The van der Waals surface area contributed by atoms with Crippen LogP contribution in [0.2, 0.25) is 0 Å². The summed E-state index contributed by atoms with van der Waals surface area (Å²) in [6.07, 6.45) is 0. The molecular weight excluding hydrogens is 206 g/mol. The van der Waals surface area contributed by atoms with E-state index in [0.29, 0.717) is 11.4 Å². The predicted molar refractivity (Wildman–Crippen MR) is 60.5 cm³/mol. The van der Waals surface area contributed by atoms with E-state index in [2.05, 4.69) is 15.3 Å². The number of imidazole rings is 1. The number of H-pyrrole nitrogens is 2. The van der Waals surface area contributed by atoms with Crippen LogP contribution in [0.4, 0.5) is 5.69 Å². The molecule has 0 radical (unpaired) electrons. The van der Waals surface area contributed by atoms with E-state index in [4.69, 9.17) is 0 Å². The average molecular weight is 217 g/mol. The van der Waals surface area contributed by atoms with E-state index in [9.17, 15) is 9.59 Å². The summed E-state index contributed by atoms with van der Waals surface area (Å²) >= 11 is 0. The van der Waals surface area contributed by atoms with Gasteiger partial charge in [-0.15, -0.1) is 0 Å². The number of nitrogens with one attached hydrogen (secondary N) is 3. The quantitative estimate of drug-likeness (QED) is 0.708. The van der Waals surface area contributed by atoms with Gasteiger partial charge in [-0.3, -0.25) is 4.79 Å². The summed E-state index contributed by atoms with van der Waals surface area (Å²) in [5, 5.41) is 2.68. The van der Waals surface area contributed by atoms with Crippen LogP contribution in [0.3, 0.4) is 0 Å². The summed E-state index contributed by atoms with van der Waals surface area (Å²) in [7, 11) is 0. The van der Waals surface area contributed by atoms with Gasteiger partial charge in [0.15, 0.2) is 0 Å². The molecule has 82 valence electrons. The van der Waals surface area contributed by atoms with Crippen LogP contribution in [0, 0.1) is 6.92 Å². The summed E-state index contributed by atoms with van der Waals surface area (Å²) in [5.74, 6) is -0.331. The Hall–Kier alpha value is -2.30. The highest BCUT2D eigenvalue weighted by Gasteiger charge is 2.11. The zero-order chi connectivity index (χ0) is 11.5. The summed E-state index contributed by atoms with van der Waals surface area (Å²) < 4.78 is 0. The van der Waals surface area contributed by atoms with Crippen molar-refractivity contribution in [1.29, 1.82) is 0 Å². The van der Waals surface area contributed by atoms with Crippen molar-refractivity contribution < 1.29 is 4.79 Å². The van der Waals surface area contributed by atoms with Gasteiger partial charge < -0.3 is 15.3 Å². The molecule has 0 atom stereocenters. The molecule has 0 saturated carbocycles. The highest BCUT2D eigenvalue weighted by molar-refractivity contribution is 6.03. The van der Waals surface area contributed by atoms with Crippen molar-refractivity contribution in [1.82, 2.24) is 9.97 Å². The second kappa shape index (κ2) is 4.06. The molecule has 16 heavy (non-hydrogen) atoms. The third-order valence-corrected chi connectivity index (χ3v) is 2.17. The summed E-state index contributed by atoms with van der Waals surface area (Å²) in [6.45, 7) is 1.66. The van der Waals surface area contributed by atoms with E-state index in [1.165, 1.54) is 0 Å². The number of aryl methyl sites for hydroxylation is 1. The maximum atomic E-state index is 11.7. The molecule has 0 bridgehead atoms. The van der Waals surface area contributed by atoms with Crippen LogP contribution >= 0.6 is 0 Å². The van der Waals surface area contributed by atoms with E-state index >= 15 is 0 Å². The highest BCUT2D eigenvalue weighted by atomic mass is 16.2. The van der Waals surface area contributed by atoms with Gasteiger partial charge in [0.2, 0.25) is 0 Å². The van der Waals surface area contributed by atoms with Crippen molar-refractivity contribution in [3.05, 3.63) is 52.2 Å². The standard InChI is InChI=1S/C11H11N3O2/c1-7-9(14-11(16)12-7)10(15)13-8-5-3-2-4-6-8/h2-6H,1H3,(H,13,15)(H2,12,14,16). The van der Waals surface area contributed by atoms with E-state index < -0.39 is 0 Å². The molecule has 0 aliphatic carbocycles. The lowest BCUT2D eigenvalue weighted by Gasteiger charge is -2.03. The van der Waals surface area contributed by atoms with Gasteiger partial charge >= 0.3 is 5.69 Å². The molecule has 1 aromatic heterocycles. The molecule has 0 saturated heterocycles. The Morgan fingerprint density at radius 3 is 2.44 bits per heavy atom. The van der Waals surface area contributed by atoms with Gasteiger partial charge in [0.05, 0.1) is 0 Å². The second-order valence-corrected chi connectivity index (χ2v) is 3.40. The van der Waals surface area contributed by atoms with Gasteiger partial charge in [0.25, 0.3) is 5.91 Å². The molecule has 5 heteroatoms. The fourth-order valence-electron chi connectivity index (χ4n) is 1.41.